The average molecular weight is 344 g/mol. The lowest BCUT2D eigenvalue weighted by atomic mass is 9.55. The van der Waals surface area contributed by atoms with Gasteiger partial charge >= 0.3 is 6.03 Å². The van der Waals surface area contributed by atoms with E-state index in [1.54, 1.807) is 0 Å². The van der Waals surface area contributed by atoms with Gasteiger partial charge in [0.15, 0.2) is 0 Å². The number of fused-ring (bicyclic) bond motifs is 2. The SMILES string of the molecule is CC1(C)[C@H](NC(=O)NC[C@@H]2COc3ccccc3C2)[C@H]2CCCO[C@H]21. The van der Waals surface area contributed by atoms with Crippen molar-refractivity contribution in [3.05, 3.63) is 29.8 Å². The van der Waals surface area contributed by atoms with Crippen LogP contribution in [0.15, 0.2) is 24.3 Å². The van der Waals surface area contributed by atoms with Gasteiger partial charge in [-0.1, -0.05) is 32.0 Å². The molecular formula is C20H28N2O3. The summed E-state index contributed by atoms with van der Waals surface area (Å²) in [6.07, 6.45) is 3.47. The second-order valence-electron chi connectivity index (χ2n) is 8.24. The lowest BCUT2D eigenvalue weighted by Gasteiger charge is -2.59. The van der Waals surface area contributed by atoms with E-state index in [-0.39, 0.29) is 23.6 Å². The third-order valence-electron chi connectivity index (χ3n) is 6.12. The number of carbonyl (C=O) groups is 1. The van der Waals surface area contributed by atoms with Gasteiger partial charge in [-0.2, -0.15) is 0 Å². The molecule has 1 saturated carbocycles. The van der Waals surface area contributed by atoms with Crippen LogP contribution in [-0.2, 0) is 11.2 Å². The van der Waals surface area contributed by atoms with Crippen molar-refractivity contribution in [3.8, 4) is 5.75 Å². The number of urea groups is 1. The van der Waals surface area contributed by atoms with Crippen LogP contribution in [-0.4, -0.2) is 37.9 Å². The van der Waals surface area contributed by atoms with Crippen LogP contribution in [0.2, 0.25) is 0 Å². The summed E-state index contributed by atoms with van der Waals surface area (Å²) in [4.78, 5) is 12.4. The van der Waals surface area contributed by atoms with Crippen LogP contribution in [0, 0.1) is 17.3 Å². The Morgan fingerprint density at radius 1 is 1.32 bits per heavy atom. The van der Waals surface area contributed by atoms with Crippen molar-refractivity contribution in [3.63, 3.8) is 0 Å². The van der Waals surface area contributed by atoms with Crippen LogP contribution in [0.1, 0.15) is 32.3 Å². The molecule has 2 amide bonds. The monoisotopic (exact) mass is 344 g/mol. The molecule has 0 aromatic heterocycles. The molecule has 1 aliphatic carbocycles. The molecule has 2 N–H and O–H groups in total. The molecule has 4 atom stereocenters. The molecule has 25 heavy (non-hydrogen) atoms. The minimum Gasteiger partial charge on any atom is -0.493 e. The van der Waals surface area contributed by atoms with Crippen molar-refractivity contribution in [1.82, 2.24) is 10.6 Å². The van der Waals surface area contributed by atoms with Crippen molar-refractivity contribution < 1.29 is 14.3 Å². The van der Waals surface area contributed by atoms with E-state index in [1.807, 2.05) is 18.2 Å². The Kier molecular flexibility index (Phi) is 4.36. The molecule has 1 aromatic carbocycles. The highest BCUT2D eigenvalue weighted by atomic mass is 16.5. The van der Waals surface area contributed by atoms with Gasteiger partial charge in [-0.25, -0.2) is 4.79 Å². The number of nitrogens with one attached hydrogen (secondary N) is 2. The Hall–Kier alpha value is -1.75. The molecular weight excluding hydrogens is 316 g/mol. The molecule has 2 heterocycles. The summed E-state index contributed by atoms with van der Waals surface area (Å²) in [5.41, 5.74) is 1.23. The van der Waals surface area contributed by atoms with Crippen molar-refractivity contribution >= 4 is 6.03 Å². The van der Waals surface area contributed by atoms with E-state index in [0.717, 1.165) is 31.6 Å². The number of carbonyl (C=O) groups excluding carboxylic acids is 1. The summed E-state index contributed by atoms with van der Waals surface area (Å²) in [7, 11) is 0. The van der Waals surface area contributed by atoms with Crippen molar-refractivity contribution in [1.29, 1.82) is 0 Å². The molecule has 0 radical (unpaired) electrons. The van der Waals surface area contributed by atoms with E-state index >= 15 is 0 Å². The zero-order chi connectivity index (χ0) is 17.4. The number of amides is 2. The lowest BCUT2D eigenvalue weighted by Crippen LogP contribution is -2.70. The maximum absolute atomic E-state index is 12.4. The van der Waals surface area contributed by atoms with Gasteiger partial charge in [0, 0.05) is 36.4 Å². The van der Waals surface area contributed by atoms with Gasteiger partial charge in [0.25, 0.3) is 0 Å². The first kappa shape index (κ1) is 16.7. The highest BCUT2D eigenvalue weighted by molar-refractivity contribution is 5.74. The fraction of sp³-hybridized carbons (Fsp3) is 0.650. The Labute approximate surface area is 149 Å². The molecule has 5 nitrogen and oxygen atoms in total. The van der Waals surface area contributed by atoms with Gasteiger partial charge in [-0.05, 0) is 30.9 Å². The van der Waals surface area contributed by atoms with Gasteiger partial charge in [-0.15, -0.1) is 0 Å². The molecule has 0 spiro atoms. The molecule has 0 bridgehead atoms. The van der Waals surface area contributed by atoms with E-state index in [1.165, 1.54) is 5.56 Å². The Balaban J connectivity index is 1.27. The number of para-hydroxylation sites is 1. The number of hydrogen-bond acceptors (Lipinski definition) is 3. The quantitative estimate of drug-likeness (QED) is 0.886. The second kappa shape index (κ2) is 6.52. The smallest absolute Gasteiger partial charge is 0.315 e. The van der Waals surface area contributed by atoms with Gasteiger partial charge in [-0.3, -0.25) is 0 Å². The van der Waals surface area contributed by atoms with E-state index in [0.29, 0.717) is 25.0 Å². The normalized spacial score (nSPS) is 32.4. The van der Waals surface area contributed by atoms with E-state index in [9.17, 15) is 4.79 Å². The third kappa shape index (κ3) is 3.10. The molecule has 2 aliphatic heterocycles. The molecule has 1 saturated heterocycles. The minimum atomic E-state index is -0.0686. The van der Waals surface area contributed by atoms with E-state index < -0.39 is 0 Å². The molecule has 1 aromatic rings. The topological polar surface area (TPSA) is 59.6 Å². The average Bonchev–Trinajstić information content (AvgIpc) is 2.64. The maximum Gasteiger partial charge on any atom is 0.315 e. The summed E-state index contributed by atoms with van der Waals surface area (Å²) >= 11 is 0. The van der Waals surface area contributed by atoms with Crippen LogP contribution < -0.4 is 15.4 Å². The van der Waals surface area contributed by atoms with Crippen LogP contribution in [0.25, 0.3) is 0 Å². The first-order valence-electron chi connectivity index (χ1n) is 9.42. The number of rotatable bonds is 3. The summed E-state index contributed by atoms with van der Waals surface area (Å²) in [5, 5.41) is 6.24. The van der Waals surface area contributed by atoms with Gasteiger partial charge in [0.2, 0.25) is 0 Å². The van der Waals surface area contributed by atoms with Crippen molar-refractivity contribution in [2.75, 3.05) is 19.8 Å². The zero-order valence-corrected chi connectivity index (χ0v) is 15.1. The first-order valence-corrected chi connectivity index (χ1v) is 9.42. The highest BCUT2D eigenvalue weighted by Gasteiger charge is 2.58. The van der Waals surface area contributed by atoms with Gasteiger partial charge in [0.1, 0.15) is 5.75 Å². The highest BCUT2D eigenvalue weighted by Crippen LogP contribution is 2.51. The maximum atomic E-state index is 12.4. The lowest BCUT2D eigenvalue weighted by molar-refractivity contribution is -0.189. The van der Waals surface area contributed by atoms with Crippen LogP contribution in [0.3, 0.4) is 0 Å². The standard InChI is InChI=1S/C20H28N2O3/c1-20(2)17(15-7-5-9-24-18(15)20)22-19(23)21-11-13-10-14-6-3-4-8-16(14)25-12-13/h3-4,6,8,13,15,17-18H,5,7,9-12H2,1-2H3,(H2,21,22,23)/t13-,15-,17-,18-/m1/s1. The van der Waals surface area contributed by atoms with E-state index in [4.69, 9.17) is 9.47 Å². The summed E-state index contributed by atoms with van der Waals surface area (Å²) in [6.45, 7) is 6.53. The van der Waals surface area contributed by atoms with Gasteiger partial charge in [0.05, 0.1) is 12.7 Å². The number of benzene rings is 1. The summed E-state index contributed by atoms with van der Waals surface area (Å²) < 4.78 is 11.7. The molecule has 0 unspecified atom stereocenters. The molecule has 2 fully saturated rings. The Bertz CT molecular complexity index is 646. The van der Waals surface area contributed by atoms with Crippen LogP contribution >= 0.6 is 0 Å². The van der Waals surface area contributed by atoms with Crippen LogP contribution in [0.4, 0.5) is 4.79 Å². The van der Waals surface area contributed by atoms with Crippen LogP contribution in [0.5, 0.6) is 5.75 Å². The molecule has 3 aliphatic rings. The van der Waals surface area contributed by atoms with Crippen molar-refractivity contribution in [2.24, 2.45) is 17.3 Å². The molecule has 136 valence electrons. The largest absolute Gasteiger partial charge is 0.493 e. The third-order valence-corrected chi connectivity index (χ3v) is 6.12. The predicted molar refractivity (Wildman–Crippen MR) is 95.7 cm³/mol. The van der Waals surface area contributed by atoms with E-state index in [2.05, 4.69) is 30.5 Å². The second-order valence-corrected chi connectivity index (χ2v) is 8.24. The fourth-order valence-corrected chi connectivity index (χ4v) is 4.77. The summed E-state index contributed by atoms with van der Waals surface area (Å²) in [6, 6.07) is 8.26. The van der Waals surface area contributed by atoms with Gasteiger partial charge < -0.3 is 20.1 Å². The first-order chi connectivity index (χ1) is 12.1. The summed E-state index contributed by atoms with van der Waals surface area (Å²) in [5.74, 6) is 1.75. The molecule has 4 rings (SSSR count). The Morgan fingerprint density at radius 3 is 3.04 bits per heavy atom. The molecule has 5 heteroatoms. The predicted octanol–water partition coefficient (Wildman–Crippen LogP) is 2.74. The number of ether oxygens (including phenoxy) is 2. The minimum absolute atomic E-state index is 0.00924. The zero-order valence-electron chi connectivity index (χ0n) is 15.1. The number of hydrogen-bond donors (Lipinski definition) is 2. The van der Waals surface area contributed by atoms with Crippen molar-refractivity contribution in [2.45, 2.75) is 45.3 Å². The Morgan fingerprint density at radius 2 is 2.16 bits per heavy atom. The fourth-order valence-electron chi connectivity index (χ4n) is 4.77.